The van der Waals surface area contributed by atoms with Gasteiger partial charge in [0.2, 0.25) is 0 Å². The van der Waals surface area contributed by atoms with Gasteiger partial charge in [-0.3, -0.25) is 4.79 Å². The number of nitrogens with zero attached hydrogens (tertiary/aromatic N) is 1. The van der Waals surface area contributed by atoms with Crippen molar-refractivity contribution in [3.63, 3.8) is 0 Å². The number of carbonyl (C=O) groups is 1. The normalized spacial score (nSPS) is 22.9. The minimum Gasteiger partial charge on any atom is -0.381 e. The third kappa shape index (κ3) is 3.02. The van der Waals surface area contributed by atoms with Gasteiger partial charge in [-0.05, 0) is 40.9 Å². The number of hydrogen-bond acceptors (Lipinski definition) is 3. The number of benzene rings is 1. The maximum Gasteiger partial charge on any atom is 0.258 e. The van der Waals surface area contributed by atoms with E-state index < -0.39 is 5.82 Å². The lowest BCUT2D eigenvalue weighted by Crippen LogP contribution is -2.51. The summed E-state index contributed by atoms with van der Waals surface area (Å²) in [7, 11) is 1.66. The van der Waals surface area contributed by atoms with Gasteiger partial charge in [-0.25, -0.2) is 4.39 Å². The Hall–Kier alpha value is -0.980. The van der Waals surface area contributed by atoms with Crippen molar-refractivity contribution in [3.8, 4) is 0 Å². The van der Waals surface area contributed by atoms with Gasteiger partial charge < -0.3 is 15.4 Å². The predicted octanol–water partition coefficient (Wildman–Crippen LogP) is 2.17. The van der Waals surface area contributed by atoms with E-state index in [-0.39, 0.29) is 23.6 Å². The molecule has 0 aliphatic carbocycles. The molecule has 1 amide bonds. The summed E-state index contributed by atoms with van der Waals surface area (Å²) in [5, 5.41) is 0. The summed E-state index contributed by atoms with van der Waals surface area (Å²) in [5.41, 5.74) is 5.82. The van der Waals surface area contributed by atoms with Crippen molar-refractivity contribution in [2.75, 3.05) is 20.2 Å². The number of nitrogens with two attached hydrogens (primary N) is 1. The molecule has 0 radical (unpaired) electrons. The molecule has 2 atom stereocenters. The Morgan fingerprint density at radius 2 is 2.35 bits per heavy atom. The first-order valence-corrected chi connectivity index (χ1v) is 7.35. The van der Waals surface area contributed by atoms with Crippen molar-refractivity contribution < 1.29 is 13.9 Å². The van der Waals surface area contributed by atoms with E-state index >= 15 is 0 Å². The van der Waals surface area contributed by atoms with Crippen LogP contribution in [-0.2, 0) is 4.74 Å². The number of rotatable bonds is 3. The number of amides is 1. The second-order valence-electron chi connectivity index (χ2n) is 4.87. The lowest BCUT2D eigenvalue weighted by atomic mass is 9.98. The highest BCUT2D eigenvalue weighted by molar-refractivity contribution is 9.10. The molecule has 1 aromatic rings. The molecule has 2 rings (SSSR count). The number of hydrogen-bond donors (Lipinski definition) is 1. The molecule has 6 heteroatoms. The molecule has 1 fully saturated rings. The standard InChI is InChI=1S/C14H18BrFN2O2/c1-20-10-5-6-18(9(7-10)8-17)14(19)13-11(15)3-2-4-12(13)16/h2-4,9-10H,5-8,17H2,1H3. The van der Waals surface area contributed by atoms with Crippen molar-refractivity contribution in [1.29, 1.82) is 0 Å². The number of carbonyl (C=O) groups excluding carboxylic acids is 1. The lowest BCUT2D eigenvalue weighted by molar-refractivity contribution is 0.0136. The minimum absolute atomic E-state index is 0.0711. The first-order valence-electron chi connectivity index (χ1n) is 6.56. The number of piperidine rings is 1. The molecule has 2 unspecified atom stereocenters. The zero-order valence-electron chi connectivity index (χ0n) is 11.3. The van der Waals surface area contributed by atoms with Crippen molar-refractivity contribution in [3.05, 3.63) is 34.1 Å². The van der Waals surface area contributed by atoms with Crippen molar-refractivity contribution in [2.45, 2.75) is 25.0 Å². The molecule has 20 heavy (non-hydrogen) atoms. The highest BCUT2D eigenvalue weighted by atomic mass is 79.9. The SMILES string of the molecule is COC1CCN(C(=O)c2c(F)cccc2Br)C(CN)C1. The van der Waals surface area contributed by atoms with Gasteiger partial charge in [0.05, 0.1) is 11.7 Å². The Labute approximate surface area is 126 Å². The van der Waals surface area contributed by atoms with E-state index in [0.717, 1.165) is 6.42 Å². The van der Waals surface area contributed by atoms with Gasteiger partial charge in [-0.2, -0.15) is 0 Å². The lowest BCUT2D eigenvalue weighted by Gasteiger charge is -2.38. The molecule has 0 spiro atoms. The number of halogens is 2. The van der Waals surface area contributed by atoms with Crippen LogP contribution in [0.15, 0.2) is 22.7 Å². The van der Waals surface area contributed by atoms with Crippen LogP contribution in [0.4, 0.5) is 4.39 Å². The Morgan fingerprint density at radius 1 is 1.60 bits per heavy atom. The smallest absolute Gasteiger partial charge is 0.258 e. The van der Waals surface area contributed by atoms with Gasteiger partial charge in [-0.1, -0.05) is 6.07 Å². The number of likely N-dealkylation sites (tertiary alicyclic amines) is 1. The summed E-state index contributed by atoms with van der Waals surface area (Å²) in [6.45, 7) is 0.873. The van der Waals surface area contributed by atoms with Crippen LogP contribution in [0, 0.1) is 5.82 Å². The van der Waals surface area contributed by atoms with Crippen molar-refractivity contribution in [2.24, 2.45) is 5.73 Å². The quantitative estimate of drug-likeness (QED) is 0.914. The Kier molecular flexibility index (Phi) is 5.12. The maximum atomic E-state index is 13.9. The van der Waals surface area contributed by atoms with E-state index in [1.807, 2.05) is 0 Å². The summed E-state index contributed by atoms with van der Waals surface area (Å²) in [6, 6.07) is 4.40. The van der Waals surface area contributed by atoms with E-state index in [1.54, 1.807) is 24.1 Å². The third-order valence-electron chi connectivity index (χ3n) is 3.71. The topological polar surface area (TPSA) is 55.6 Å². The molecule has 0 saturated carbocycles. The fraction of sp³-hybridized carbons (Fsp3) is 0.500. The number of ether oxygens (including phenoxy) is 1. The minimum atomic E-state index is -0.519. The molecule has 110 valence electrons. The van der Waals surface area contributed by atoms with E-state index in [4.69, 9.17) is 10.5 Å². The predicted molar refractivity (Wildman–Crippen MR) is 78.0 cm³/mol. The van der Waals surface area contributed by atoms with Crippen LogP contribution in [0.25, 0.3) is 0 Å². The largest absolute Gasteiger partial charge is 0.381 e. The monoisotopic (exact) mass is 344 g/mol. The fourth-order valence-electron chi connectivity index (χ4n) is 2.56. The molecule has 1 aromatic carbocycles. The van der Waals surface area contributed by atoms with Crippen LogP contribution >= 0.6 is 15.9 Å². The highest BCUT2D eigenvalue weighted by Gasteiger charge is 2.33. The zero-order valence-corrected chi connectivity index (χ0v) is 12.9. The molecule has 4 nitrogen and oxygen atoms in total. The van der Waals surface area contributed by atoms with Gasteiger partial charge in [-0.15, -0.1) is 0 Å². The van der Waals surface area contributed by atoms with Crippen LogP contribution in [0.1, 0.15) is 23.2 Å². The Bertz CT molecular complexity index is 478. The maximum absolute atomic E-state index is 13.9. The number of methoxy groups -OCH3 is 1. The Balaban J connectivity index is 2.24. The van der Waals surface area contributed by atoms with Crippen LogP contribution < -0.4 is 5.73 Å². The molecule has 1 saturated heterocycles. The van der Waals surface area contributed by atoms with Gasteiger partial charge in [0.25, 0.3) is 5.91 Å². The molecular formula is C14H18BrFN2O2. The van der Waals surface area contributed by atoms with E-state index in [1.165, 1.54) is 6.07 Å². The highest BCUT2D eigenvalue weighted by Crippen LogP contribution is 2.26. The second-order valence-corrected chi connectivity index (χ2v) is 5.72. The first-order chi connectivity index (χ1) is 9.58. The van der Waals surface area contributed by atoms with Crippen LogP contribution in [0.5, 0.6) is 0 Å². The fourth-order valence-corrected chi connectivity index (χ4v) is 3.08. The molecular weight excluding hydrogens is 327 g/mol. The van der Waals surface area contributed by atoms with E-state index in [2.05, 4.69) is 15.9 Å². The van der Waals surface area contributed by atoms with Crippen LogP contribution in [0.2, 0.25) is 0 Å². The first kappa shape index (κ1) is 15.4. The van der Waals surface area contributed by atoms with Crippen LogP contribution in [-0.4, -0.2) is 43.2 Å². The average molecular weight is 345 g/mol. The van der Waals surface area contributed by atoms with Crippen molar-refractivity contribution >= 4 is 21.8 Å². The van der Waals surface area contributed by atoms with Gasteiger partial charge in [0.1, 0.15) is 5.82 Å². The average Bonchev–Trinajstić information content (AvgIpc) is 2.46. The molecule has 2 N–H and O–H groups in total. The van der Waals surface area contributed by atoms with Crippen LogP contribution in [0.3, 0.4) is 0 Å². The molecule has 1 aliphatic heterocycles. The molecule has 1 heterocycles. The van der Waals surface area contributed by atoms with Crippen molar-refractivity contribution in [1.82, 2.24) is 4.90 Å². The molecule has 0 aromatic heterocycles. The molecule has 0 bridgehead atoms. The zero-order chi connectivity index (χ0) is 14.7. The summed E-state index contributed by atoms with van der Waals surface area (Å²) >= 11 is 3.24. The third-order valence-corrected chi connectivity index (χ3v) is 4.37. The Morgan fingerprint density at radius 3 is 2.95 bits per heavy atom. The molecule has 1 aliphatic rings. The van der Waals surface area contributed by atoms with Gasteiger partial charge in [0.15, 0.2) is 0 Å². The van der Waals surface area contributed by atoms with Gasteiger partial charge >= 0.3 is 0 Å². The summed E-state index contributed by atoms with van der Waals surface area (Å²) in [6.07, 6.45) is 1.53. The van der Waals surface area contributed by atoms with E-state index in [9.17, 15) is 9.18 Å². The van der Waals surface area contributed by atoms with E-state index in [0.29, 0.717) is 24.0 Å². The second kappa shape index (κ2) is 6.65. The van der Waals surface area contributed by atoms with Gasteiger partial charge in [0, 0.05) is 30.7 Å². The summed E-state index contributed by atoms with van der Waals surface area (Å²) in [4.78, 5) is 14.2. The summed E-state index contributed by atoms with van der Waals surface area (Å²) in [5.74, 6) is -0.839. The summed E-state index contributed by atoms with van der Waals surface area (Å²) < 4.78 is 19.7.